The van der Waals surface area contributed by atoms with Crippen LogP contribution in [0.4, 0.5) is 23.7 Å². The van der Waals surface area contributed by atoms with Crippen LogP contribution in [0.15, 0.2) is 18.2 Å². The summed E-state index contributed by atoms with van der Waals surface area (Å²) in [4.78, 5) is 12.1. The second-order valence-corrected chi connectivity index (χ2v) is 4.93. The van der Waals surface area contributed by atoms with E-state index in [1.54, 1.807) is 0 Å². The first-order chi connectivity index (χ1) is 9.27. The smallest absolute Gasteiger partial charge is 0.416 e. The van der Waals surface area contributed by atoms with E-state index < -0.39 is 17.8 Å². The lowest BCUT2D eigenvalue weighted by molar-refractivity contribution is -0.137. The molecule has 0 aromatic heterocycles. The van der Waals surface area contributed by atoms with E-state index in [1.807, 2.05) is 0 Å². The minimum absolute atomic E-state index is 0.0792. The first-order valence-corrected chi connectivity index (χ1v) is 6.23. The summed E-state index contributed by atoms with van der Waals surface area (Å²) in [5, 5.41) is 8.85. The van der Waals surface area contributed by atoms with Gasteiger partial charge >= 0.3 is 12.3 Å². The number of amides is 1. The van der Waals surface area contributed by atoms with Crippen molar-refractivity contribution in [2.24, 2.45) is 0 Å². The van der Waals surface area contributed by atoms with Crippen LogP contribution in [0.1, 0.15) is 29.9 Å². The van der Waals surface area contributed by atoms with Crippen LogP contribution in [0.25, 0.3) is 0 Å². The number of nitrogens with zero attached hydrogens (tertiary/aromatic N) is 1. The topological polar surface area (TPSA) is 66.6 Å². The number of nitrogen functional groups attached to an aromatic ring is 1. The Hall–Kier alpha value is -1.92. The van der Waals surface area contributed by atoms with Crippen molar-refractivity contribution in [3.63, 3.8) is 0 Å². The molecule has 0 unspecified atom stereocenters. The third-order valence-electron chi connectivity index (χ3n) is 3.54. The minimum atomic E-state index is -4.42. The van der Waals surface area contributed by atoms with Gasteiger partial charge < -0.3 is 15.7 Å². The highest BCUT2D eigenvalue weighted by Crippen LogP contribution is 2.35. The summed E-state index contributed by atoms with van der Waals surface area (Å²) in [6.07, 6.45) is -4.40. The summed E-state index contributed by atoms with van der Waals surface area (Å²) in [6.45, 7) is 0.659. The number of nitrogens with two attached hydrogens (primary N) is 1. The molecule has 1 saturated heterocycles. The van der Waals surface area contributed by atoms with Gasteiger partial charge in [-0.25, -0.2) is 4.79 Å². The monoisotopic (exact) mass is 288 g/mol. The van der Waals surface area contributed by atoms with E-state index in [0.29, 0.717) is 31.5 Å². The quantitative estimate of drug-likeness (QED) is 0.780. The molecule has 0 aliphatic carbocycles. The Morgan fingerprint density at radius 2 is 1.85 bits per heavy atom. The number of benzene rings is 1. The fourth-order valence-corrected chi connectivity index (χ4v) is 2.48. The second kappa shape index (κ2) is 5.22. The van der Waals surface area contributed by atoms with E-state index in [0.717, 1.165) is 12.1 Å². The molecule has 1 fully saturated rings. The number of carboxylic acid groups (broad SMARTS) is 1. The fraction of sp³-hybridized carbons (Fsp3) is 0.462. The molecule has 0 saturated carbocycles. The molecule has 7 heteroatoms. The van der Waals surface area contributed by atoms with E-state index in [2.05, 4.69) is 0 Å². The summed E-state index contributed by atoms with van der Waals surface area (Å²) in [6, 6.07) is 3.56. The molecule has 1 aliphatic rings. The van der Waals surface area contributed by atoms with Crippen LogP contribution in [0.2, 0.25) is 0 Å². The van der Waals surface area contributed by atoms with E-state index in [4.69, 9.17) is 10.8 Å². The molecule has 1 amide bonds. The van der Waals surface area contributed by atoms with Crippen molar-refractivity contribution in [1.82, 2.24) is 4.90 Å². The number of piperidine rings is 1. The van der Waals surface area contributed by atoms with Crippen molar-refractivity contribution in [3.8, 4) is 0 Å². The predicted octanol–water partition coefficient (Wildman–Crippen LogP) is 3.15. The van der Waals surface area contributed by atoms with Gasteiger partial charge in [0.15, 0.2) is 0 Å². The van der Waals surface area contributed by atoms with Gasteiger partial charge in [-0.1, -0.05) is 0 Å². The van der Waals surface area contributed by atoms with Crippen molar-refractivity contribution in [1.29, 1.82) is 0 Å². The molecule has 1 aromatic rings. The first-order valence-electron chi connectivity index (χ1n) is 6.23. The highest BCUT2D eigenvalue weighted by molar-refractivity contribution is 5.65. The van der Waals surface area contributed by atoms with Gasteiger partial charge in [0.25, 0.3) is 0 Å². The molecule has 4 nitrogen and oxygen atoms in total. The molecule has 0 spiro atoms. The Bertz CT molecular complexity index is 509. The average Bonchev–Trinajstić information content (AvgIpc) is 2.37. The molecule has 0 bridgehead atoms. The molecule has 0 radical (unpaired) electrons. The van der Waals surface area contributed by atoms with Crippen LogP contribution in [-0.4, -0.2) is 29.2 Å². The Morgan fingerprint density at radius 3 is 2.35 bits per heavy atom. The number of likely N-dealkylation sites (tertiary alicyclic amines) is 1. The molecular weight excluding hydrogens is 273 g/mol. The number of carbonyl (C=O) groups is 1. The molecule has 0 atom stereocenters. The molecule has 110 valence electrons. The van der Waals surface area contributed by atoms with Crippen molar-refractivity contribution in [2.75, 3.05) is 18.8 Å². The summed E-state index contributed by atoms with van der Waals surface area (Å²) < 4.78 is 38.2. The average molecular weight is 288 g/mol. The van der Waals surface area contributed by atoms with Crippen molar-refractivity contribution in [3.05, 3.63) is 29.3 Å². The van der Waals surface area contributed by atoms with Crippen LogP contribution < -0.4 is 5.73 Å². The first kappa shape index (κ1) is 14.5. The molecule has 20 heavy (non-hydrogen) atoms. The number of hydrogen-bond acceptors (Lipinski definition) is 2. The van der Waals surface area contributed by atoms with Gasteiger partial charge in [-0.3, -0.25) is 0 Å². The maximum Gasteiger partial charge on any atom is 0.416 e. The molecule has 1 aromatic carbocycles. The maximum atomic E-state index is 12.7. The lowest BCUT2D eigenvalue weighted by Gasteiger charge is -2.30. The predicted molar refractivity (Wildman–Crippen MR) is 67.4 cm³/mol. The number of anilines is 1. The van der Waals surface area contributed by atoms with Gasteiger partial charge in [0.05, 0.1) is 5.56 Å². The molecule has 1 heterocycles. The third-order valence-corrected chi connectivity index (χ3v) is 3.54. The van der Waals surface area contributed by atoms with E-state index in [9.17, 15) is 18.0 Å². The number of rotatable bonds is 1. The Morgan fingerprint density at radius 1 is 1.25 bits per heavy atom. The summed E-state index contributed by atoms with van der Waals surface area (Å²) in [5.41, 5.74) is 5.39. The molecular formula is C13H15F3N2O2. The standard InChI is InChI=1S/C13H15F3N2O2/c14-13(15,16)10-5-9(6-11(17)7-10)8-1-3-18(4-2-8)12(19)20/h5-8H,1-4,17H2,(H,19,20). The fourth-order valence-electron chi connectivity index (χ4n) is 2.48. The highest BCUT2D eigenvalue weighted by atomic mass is 19.4. The van der Waals surface area contributed by atoms with Crippen LogP contribution in [0, 0.1) is 0 Å². The van der Waals surface area contributed by atoms with Crippen LogP contribution in [0.5, 0.6) is 0 Å². The van der Waals surface area contributed by atoms with Gasteiger partial charge in [0, 0.05) is 18.8 Å². The summed E-state index contributed by atoms with van der Waals surface area (Å²) in [7, 11) is 0. The van der Waals surface area contributed by atoms with Crippen molar-refractivity contribution >= 4 is 11.8 Å². The Kier molecular flexibility index (Phi) is 3.78. The zero-order valence-corrected chi connectivity index (χ0v) is 10.7. The highest BCUT2D eigenvalue weighted by Gasteiger charge is 2.32. The number of hydrogen-bond donors (Lipinski definition) is 2. The maximum absolute atomic E-state index is 12.7. The zero-order valence-electron chi connectivity index (χ0n) is 10.7. The third kappa shape index (κ3) is 3.15. The van der Waals surface area contributed by atoms with Gasteiger partial charge in [0.2, 0.25) is 0 Å². The van der Waals surface area contributed by atoms with Crippen LogP contribution in [0.3, 0.4) is 0 Å². The molecule has 3 N–H and O–H groups in total. The molecule has 2 rings (SSSR count). The van der Waals surface area contributed by atoms with Gasteiger partial charge in [-0.15, -0.1) is 0 Å². The van der Waals surface area contributed by atoms with Crippen LogP contribution in [-0.2, 0) is 6.18 Å². The lowest BCUT2D eigenvalue weighted by Crippen LogP contribution is -2.36. The van der Waals surface area contributed by atoms with E-state index >= 15 is 0 Å². The Balaban J connectivity index is 2.18. The number of alkyl halides is 3. The lowest BCUT2D eigenvalue weighted by atomic mass is 9.88. The van der Waals surface area contributed by atoms with Gasteiger partial charge in [0.1, 0.15) is 0 Å². The van der Waals surface area contributed by atoms with E-state index in [-0.39, 0.29) is 11.6 Å². The zero-order chi connectivity index (χ0) is 14.9. The SMILES string of the molecule is Nc1cc(C2CCN(C(=O)O)CC2)cc(C(F)(F)F)c1. The van der Waals surface area contributed by atoms with Gasteiger partial charge in [-0.2, -0.15) is 13.2 Å². The van der Waals surface area contributed by atoms with Crippen molar-refractivity contribution in [2.45, 2.75) is 24.9 Å². The second-order valence-electron chi connectivity index (χ2n) is 4.93. The largest absolute Gasteiger partial charge is 0.465 e. The Labute approximate surface area is 114 Å². The normalized spacial score (nSPS) is 17.2. The number of halogens is 3. The summed E-state index contributed by atoms with van der Waals surface area (Å²) >= 11 is 0. The van der Waals surface area contributed by atoms with Crippen LogP contribution >= 0.6 is 0 Å². The summed E-state index contributed by atoms with van der Waals surface area (Å²) in [5.74, 6) is -0.0878. The van der Waals surface area contributed by atoms with E-state index in [1.165, 1.54) is 11.0 Å². The molecule has 1 aliphatic heterocycles. The van der Waals surface area contributed by atoms with Crippen molar-refractivity contribution < 1.29 is 23.1 Å². The minimum Gasteiger partial charge on any atom is -0.465 e. The van der Waals surface area contributed by atoms with Gasteiger partial charge in [-0.05, 0) is 42.5 Å².